The number of nitrogens with one attached hydrogen (secondary N) is 1. The van der Waals surface area contributed by atoms with E-state index < -0.39 is 9.84 Å². The van der Waals surface area contributed by atoms with Crippen molar-refractivity contribution in [3.63, 3.8) is 0 Å². The standard InChI is InChI=1S/C18H22N4O2S/c1-13-20-18(22(21-13)15-9-10-25(23,24)12-15)8-4-5-14-11-19-17-7-3-2-6-16(14)17/h2-3,6-7,11,15,19H,4-5,8-10,12H2,1H3/t15-/m0/s1. The number of nitrogens with zero attached hydrogens (tertiary/aromatic N) is 3. The van der Waals surface area contributed by atoms with Gasteiger partial charge < -0.3 is 4.98 Å². The molecule has 1 saturated heterocycles. The first-order valence-electron chi connectivity index (χ1n) is 8.69. The molecule has 1 atom stereocenters. The second-order valence-corrected chi connectivity index (χ2v) is 9.02. The van der Waals surface area contributed by atoms with Crippen molar-refractivity contribution in [2.24, 2.45) is 0 Å². The summed E-state index contributed by atoms with van der Waals surface area (Å²) in [6, 6.07) is 8.24. The maximum absolute atomic E-state index is 11.8. The number of para-hydroxylation sites is 1. The zero-order chi connectivity index (χ0) is 17.4. The van der Waals surface area contributed by atoms with Crippen LogP contribution in [0.1, 0.15) is 36.1 Å². The second kappa shape index (κ2) is 6.29. The summed E-state index contributed by atoms with van der Waals surface area (Å²) in [5.41, 5.74) is 2.47. The topological polar surface area (TPSA) is 80.6 Å². The quantitative estimate of drug-likeness (QED) is 0.760. The molecule has 25 heavy (non-hydrogen) atoms. The monoisotopic (exact) mass is 358 g/mol. The van der Waals surface area contributed by atoms with Crippen molar-refractivity contribution in [2.75, 3.05) is 11.5 Å². The number of hydrogen-bond acceptors (Lipinski definition) is 4. The van der Waals surface area contributed by atoms with Gasteiger partial charge in [0.2, 0.25) is 0 Å². The largest absolute Gasteiger partial charge is 0.361 e. The Labute approximate surface area is 147 Å². The molecule has 2 aromatic heterocycles. The Morgan fingerprint density at radius 1 is 1.28 bits per heavy atom. The highest BCUT2D eigenvalue weighted by Crippen LogP contribution is 2.25. The molecular weight excluding hydrogens is 336 g/mol. The molecule has 1 aromatic carbocycles. The van der Waals surface area contributed by atoms with Crippen LogP contribution in [-0.4, -0.2) is 39.7 Å². The van der Waals surface area contributed by atoms with E-state index in [1.165, 1.54) is 10.9 Å². The molecule has 1 fully saturated rings. The van der Waals surface area contributed by atoms with Gasteiger partial charge in [-0.1, -0.05) is 18.2 Å². The molecule has 0 amide bonds. The van der Waals surface area contributed by atoms with Gasteiger partial charge in [0.25, 0.3) is 0 Å². The molecule has 3 heterocycles. The van der Waals surface area contributed by atoms with Crippen molar-refractivity contribution in [1.29, 1.82) is 0 Å². The van der Waals surface area contributed by atoms with Gasteiger partial charge in [0.1, 0.15) is 11.6 Å². The Kier molecular flexibility index (Phi) is 4.11. The SMILES string of the molecule is Cc1nc(CCCc2c[nH]c3ccccc23)n([C@H]2CCS(=O)(=O)C2)n1. The van der Waals surface area contributed by atoms with Gasteiger partial charge in [-0.15, -0.1) is 0 Å². The van der Waals surface area contributed by atoms with Crippen LogP contribution in [0.4, 0.5) is 0 Å². The van der Waals surface area contributed by atoms with Gasteiger partial charge in [0.05, 0.1) is 17.5 Å². The van der Waals surface area contributed by atoms with E-state index in [1.807, 2.05) is 17.7 Å². The molecule has 1 aliphatic heterocycles. The Morgan fingerprint density at radius 3 is 2.92 bits per heavy atom. The van der Waals surface area contributed by atoms with E-state index in [1.54, 1.807) is 0 Å². The van der Waals surface area contributed by atoms with Crippen molar-refractivity contribution in [3.8, 4) is 0 Å². The van der Waals surface area contributed by atoms with E-state index in [9.17, 15) is 8.42 Å². The summed E-state index contributed by atoms with van der Waals surface area (Å²) in [5.74, 6) is 2.06. The molecule has 0 saturated carbocycles. The predicted octanol–water partition coefficient (Wildman–Crippen LogP) is 2.60. The van der Waals surface area contributed by atoms with Gasteiger partial charge in [-0.05, 0) is 37.8 Å². The first kappa shape index (κ1) is 16.3. The van der Waals surface area contributed by atoms with Gasteiger partial charge >= 0.3 is 0 Å². The minimum absolute atomic E-state index is 0.0608. The average molecular weight is 358 g/mol. The van der Waals surface area contributed by atoms with E-state index in [-0.39, 0.29) is 17.5 Å². The molecule has 0 unspecified atom stereocenters. The number of sulfone groups is 1. The number of aromatic amines is 1. The van der Waals surface area contributed by atoms with Crippen molar-refractivity contribution in [2.45, 2.75) is 38.6 Å². The van der Waals surface area contributed by atoms with Crippen LogP contribution in [0.5, 0.6) is 0 Å². The number of aromatic nitrogens is 4. The van der Waals surface area contributed by atoms with Crippen molar-refractivity contribution in [3.05, 3.63) is 47.7 Å². The molecule has 0 bridgehead atoms. The number of hydrogen-bond donors (Lipinski definition) is 1. The highest BCUT2D eigenvalue weighted by atomic mass is 32.2. The third-order valence-corrected chi connectivity index (χ3v) is 6.63. The summed E-state index contributed by atoms with van der Waals surface area (Å²) in [4.78, 5) is 7.84. The maximum Gasteiger partial charge on any atom is 0.152 e. The lowest BCUT2D eigenvalue weighted by molar-refractivity contribution is 0.472. The lowest BCUT2D eigenvalue weighted by atomic mass is 10.1. The Morgan fingerprint density at radius 2 is 2.12 bits per heavy atom. The van der Waals surface area contributed by atoms with E-state index in [0.29, 0.717) is 12.2 Å². The van der Waals surface area contributed by atoms with Crippen LogP contribution < -0.4 is 0 Å². The molecule has 0 radical (unpaired) electrons. The van der Waals surface area contributed by atoms with Crippen LogP contribution in [0, 0.1) is 6.92 Å². The number of fused-ring (bicyclic) bond motifs is 1. The van der Waals surface area contributed by atoms with Crippen molar-refractivity contribution < 1.29 is 8.42 Å². The van der Waals surface area contributed by atoms with E-state index in [2.05, 4.69) is 39.5 Å². The van der Waals surface area contributed by atoms with E-state index in [4.69, 9.17) is 0 Å². The van der Waals surface area contributed by atoms with Crippen molar-refractivity contribution >= 4 is 20.7 Å². The first-order chi connectivity index (χ1) is 12.0. The minimum Gasteiger partial charge on any atom is -0.361 e. The summed E-state index contributed by atoms with van der Waals surface area (Å²) in [7, 11) is -2.92. The summed E-state index contributed by atoms with van der Waals surface area (Å²) in [6.45, 7) is 1.86. The van der Waals surface area contributed by atoms with Crippen molar-refractivity contribution in [1.82, 2.24) is 19.7 Å². The lowest BCUT2D eigenvalue weighted by Crippen LogP contribution is -2.15. The molecule has 0 spiro atoms. The van der Waals surface area contributed by atoms with Gasteiger partial charge in [-0.3, -0.25) is 0 Å². The third-order valence-electron chi connectivity index (χ3n) is 4.88. The predicted molar refractivity (Wildman–Crippen MR) is 97.4 cm³/mol. The van der Waals surface area contributed by atoms with Crippen LogP contribution in [0.25, 0.3) is 10.9 Å². The molecule has 7 heteroatoms. The molecule has 0 aliphatic carbocycles. The number of benzene rings is 1. The van der Waals surface area contributed by atoms with Crippen LogP contribution in [0.3, 0.4) is 0 Å². The fraction of sp³-hybridized carbons (Fsp3) is 0.444. The summed E-state index contributed by atoms with van der Waals surface area (Å²) >= 11 is 0. The fourth-order valence-electron chi connectivity index (χ4n) is 3.68. The fourth-order valence-corrected chi connectivity index (χ4v) is 5.37. The molecular formula is C18H22N4O2S. The molecule has 1 aliphatic rings. The Bertz CT molecular complexity index is 1000. The van der Waals surface area contributed by atoms with E-state index in [0.717, 1.165) is 30.6 Å². The molecule has 6 nitrogen and oxygen atoms in total. The summed E-state index contributed by atoms with van der Waals surface area (Å²) in [6.07, 6.45) is 5.43. The molecule has 132 valence electrons. The number of aryl methyl sites for hydroxylation is 3. The first-order valence-corrected chi connectivity index (χ1v) is 10.5. The van der Waals surface area contributed by atoms with Crippen LogP contribution in [0.2, 0.25) is 0 Å². The highest BCUT2D eigenvalue weighted by Gasteiger charge is 2.31. The maximum atomic E-state index is 11.8. The molecule has 1 N–H and O–H groups in total. The molecule has 4 rings (SSSR count). The summed E-state index contributed by atoms with van der Waals surface area (Å²) < 4.78 is 25.4. The highest BCUT2D eigenvalue weighted by molar-refractivity contribution is 7.91. The van der Waals surface area contributed by atoms with Gasteiger partial charge in [0, 0.05) is 23.5 Å². The Balaban J connectivity index is 1.47. The second-order valence-electron chi connectivity index (χ2n) is 6.79. The summed E-state index contributed by atoms with van der Waals surface area (Å²) in [5, 5.41) is 5.72. The Hall–Kier alpha value is -2.15. The number of H-pyrrole nitrogens is 1. The zero-order valence-electron chi connectivity index (χ0n) is 14.3. The van der Waals surface area contributed by atoms with Gasteiger partial charge in [0.15, 0.2) is 9.84 Å². The minimum atomic E-state index is -2.92. The van der Waals surface area contributed by atoms with Gasteiger partial charge in [-0.2, -0.15) is 5.10 Å². The number of rotatable bonds is 5. The normalized spacial score (nSPS) is 19.6. The van der Waals surface area contributed by atoms with Crippen LogP contribution in [0.15, 0.2) is 30.5 Å². The molecule has 3 aromatic rings. The third kappa shape index (κ3) is 3.33. The average Bonchev–Trinajstić information content (AvgIpc) is 3.25. The van der Waals surface area contributed by atoms with Crippen LogP contribution in [-0.2, 0) is 22.7 Å². The lowest BCUT2D eigenvalue weighted by Gasteiger charge is -2.11. The zero-order valence-corrected chi connectivity index (χ0v) is 15.1. The van der Waals surface area contributed by atoms with Crippen LogP contribution >= 0.6 is 0 Å². The van der Waals surface area contributed by atoms with Gasteiger partial charge in [-0.25, -0.2) is 18.1 Å². The van der Waals surface area contributed by atoms with E-state index >= 15 is 0 Å². The smallest absolute Gasteiger partial charge is 0.152 e.